The maximum absolute atomic E-state index is 12.4. The van der Waals surface area contributed by atoms with Crippen molar-refractivity contribution in [3.8, 4) is 0 Å². The lowest BCUT2D eigenvalue weighted by molar-refractivity contribution is -0.131. The summed E-state index contributed by atoms with van der Waals surface area (Å²) in [6, 6.07) is 4.21. The Morgan fingerprint density at radius 3 is 2.75 bits per heavy atom. The molecule has 1 aromatic heterocycles. The second-order valence-electron chi connectivity index (χ2n) is 5.91. The van der Waals surface area contributed by atoms with Gasteiger partial charge in [-0.2, -0.15) is 0 Å². The second-order valence-corrected chi connectivity index (χ2v) is 6.94. The zero-order valence-electron chi connectivity index (χ0n) is 12.7. The van der Waals surface area contributed by atoms with Crippen LogP contribution in [-0.2, 0) is 11.2 Å². The smallest absolute Gasteiger partial charge is 0.224 e. The van der Waals surface area contributed by atoms with Crippen molar-refractivity contribution >= 4 is 17.2 Å². The molecule has 0 atom stereocenters. The summed E-state index contributed by atoms with van der Waals surface area (Å²) in [7, 11) is 3.94. The Bertz CT molecular complexity index is 410. The monoisotopic (exact) mass is 294 g/mol. The lowest BCUT2D eigenvalue weighted by Crippen LogP contribution is -2.48. The summed E-state index contributed by atoms with van der Waals surface area (Å²) in [5, 5.41) is 5.52. The highest BCUT2D eigenvalue weighted by atomic mass is 32.1. The molecule has 1 aliphatic rings. The summed E-state index contributed by atoms with van der Waals surface area (Å²) in [5.74, 6) is 0.276. The Morgan fingerprint density at radius 2 is 2.15 bits per heavy atom. The number of hydrogen-bond donors (Lipinski definition) is 1. The Hall–Kier alpha value is -0.870. The van der Waals surface area contributed by atoms with Crippen LogP contribution in [0, 0.1) is 0 Å². The van der Waals surface area contributed by atoms with Crippen molar-refractivity contribution in [2.24, 2.45) is 0 Å². The molecule has 0 aliphatic heterocycles. The molecule has 1 aromatic rings. The van der Waals surface area contributed by atoms with E-state index >= 15 is 0 Å². The van der Waals surface area contributed by atoms with E-state index in [4.69, 9.17) is 0 Å². The maximum atomic E-state index is 12.4. The molecule has 1 fully saturated rings. The number of carbonyl (C=O) groups is 1. The molecule has 3 nitrogen and oxygen atoms in total. The van der Waals surface area contributed by atoms with Crippen molar-refractivity contribution in [2.75, 3.05) is 20.6 Å². The quantitative estimate of drug-likeness (QED) is 0.874. The van der Waals surface area contributed by atoms with Gasteiger partial charge in [0.15, 0.2) is 0 Å². The minimum Gasteiger partial charge on any atom is -0.345 e. The Morgan fingerprint density at radius 1 is 1.40 bits per heavy atom. The lowest BCUT2D eigenvalue weighted by Gasteiger charge is -2.37. The van der Waals surface area contributed by atoms with Crippen molar-refractivity contribution in [3.63, 3.8) is 0 Å². The number of nitrogens with zero attached hydrogens (tertiary/aromatic N) is 1. The van der Waals surface area contributed by atoms with Gasteiger partial charge in [0, 0.05) is 30.4 Å². The number of nitrogens with one attached hydrogen (secondary N) is 1. The van der Waals surface area contributed by atoms with Gasteiger partial charge in [0.2, 0.25) is 5.91 Å². The van der Waals surface area contributed by atoms with Gasteiger partial charge < -0.3 is 10.2 Å². The van der Waals surface area contributed by atoms with Crippen molar-refractivity contribution in [1.29, 1.82) is 0 Å². The Kier molecular flexibility index (Phi) is 5.61. The highest BCUT2D eigenvalue weighted by Gasteiger charge is 2.33. The zero-order valence-corrected chi connectivity index (χ0v) is 13.5. The maximum Gasteiger partial charge on any atom is 0.224 e. The van der Waals surface area contributed by atoms with Crippen molar-refractivity contribution in [1.82, 2.24) is 10.2 Å². The molecule has 1 amide bonds. The predicted octanol–water partition coefficient (Wildman–Crippen LogP) is 3.06. The predicted molar refractivity (Wildman–Crippen MR) is 85.2 cm³/mol. The third-order valence-electron chi connectivity index (χ3n) is 4.53. The Labute approximate surface area is 126 Å². The van der Waals surface area contributed by atoms with E-state index in [1.54, 1.807) is 11.3 Å². The number of hydrogen-bond acceptors (Lipinski definition) is 3. The molecule has 20 heavy (non-hydrogen) atoms. The fraction of sp³-hybridized carbons (Fsp3) is 0.688. The molecule has 0 saturated heterocycles. The van der Waals surface area contributed by atoms with E-state index in [-0.39, 0.29) is 11.4 Å². The average Bonchev–Trinajstić information content (AvgIpc) is 2.99. The molecule has 0 aromatic carbocycles. The third kappa shape index (κ3) is 4.06. The van der Waals surface area contributed by atoms with Gasteiger partial charge in [-0.3, -0.25) is 4.79 Å². The molecule has 0 unspecified atom stereocenters. The first-order valence-corrected chi connectivity index (χ1v) is 8.48. The van der Waals surface area contributed by atoms with Crippen LogP contribution in [0.25, 0.3) is 0 Å². The molecule has 0 spiro atoms. The summed E-state index contributed by atoms with van der Waals surface area (Å²) in [5.41, 5.74) is 0.0481. The normalized spacial score (nSPS) is 17.9. The summed E-state index contributed by atoms with van der Waals surface area (Å²) in [6.07, 6.45) is 7.67. The molecular weight excluding hydrogens is 268 g/mol. The fourth-order valence-corrected chi connectivity index (χ4v) is 3.72. The highest BCUT2D eigenvalue weighted by molar-refractivity contribution is 7.09. The van der Waals surface area contributed by atoms with E-state index < -0.39 is 0 Å². The standard InChI is InChI=1S/C16H26N2OS/c1-17-16(9-4-3-5-10-16)13-15(19)18(2)11-8-14-7-6-12-20-14/h6-7,12,17H,3-5,8-11,13H2,1-2H3. The number of carbonyl (C=O) groups excluding carboxylic acids is 1. The van der Waals surface area contributed by atoms with Crippen LogP contribution in [-0.4, -0.2) is 37.0 Å². The molecule has 112 valence electrons. The van der Waals surface area contributed by atoms with Gasteiger partial charge in [-0.1, -0.05) is 25.3 Å². The molecule has 2 rings (SSSR count). The summed E-state index contributed by atoms with van der Waals surface area (Å²) in [4.78, 5) is 15.7. The number of rotatable bonds is 6. The van der Waals surface area contributed by atoms with Crippen LogP contribution in [0.3, 0.4) is 0 Å². The van der Waals surface area contributed by atoms with Gasteiger partial charge in [-0.05, 0) is 37.8 Å². The molecule has 0 radical (unpaired) electrons. The van der Waals surface area contributed by atoms with E-state index in [1.807, 2.05) is 19.0 Å². The van der Waals surface area contributed by atoms with Gasteiger partial charge >= 0.3 is 0 Å². The number of amides is 1. The second kappa shape index (κ2) is 7.23. The van der Waals surface area contributed by atoms with Crippen LogP contribution >= 0.6 is 11.3 Å². The molecule has 1 heterocycles. The number of likely N-dealkylation sites (N-methyl/N-ethyl adjacent to an activating group) is 1. The first-order valence-electron chi connectivity index (χ1n) is 7.60. The number of thiophene rings is 1. The molecule has 1 aliphatic carbocycles. The first kappa shape index (κ1) is 15.5. The van der Waals surface area contributed by atoms with E-state index in [1.165, 1.54) is 24.1 Å². The molecule has 1 N–H and O–H groups in total. The highest BCUT2D eigenvalue weighted by Crippen LogP contribution is 2.31. The third-order valence-corrected chi connectivity index (χ3v) is 5.47. The van der Waals surface area contributed by atoms with E-state index in [0.717, 1.165) is 25.8 Å². The van der Waals surface area contributed by atoms with Crippen molar-refractivity contribution in [3.05, 3.63) is 22.4 Å². The van der Waals surface area contributed by atoms with Crippen molar-refractivity contribution < 1.29 is 4.79 Å². The van der Waals surface area contributed by atoms with Gasteiger partial charge in [0.05, 0.1) is 0 Å². The topological polar surface area (TPSA) is 32.3 Å². The van der Waals surface area contributed by atoms with Crippen LogP contribution in [0.2, 0.25) is 0 Å². The van der Waals surface area contributed by atoms with Crippen LogP contribution in [0.5, 0.6) is 0 Å². The molecular formula is C16H26N2OS. The Balaban J connectivity index is 1.83. The van der Waals surface area contributed by atoms with Crippen molar-refractivity contribution in [2.45, 2.75) is 50.5 Å². The molecule has 1 saturated carbocycles. The van der Waals surface area contributed by atoms with E-state index in [9.17, 15) is 4.79 Å². The van der Waals surface area contributed by atoms with E-state index in [2.05, 4.69) is 22.8 Å². The molecule has 0 bridgehead atoms. The SMILES string of the molecule is CNC1(CC(=O)N(C)CCc2cccs2)CCCCC1. The van der Waals surface area contributed by atoms with Crippen LogP contribution < -0.4 is 5.32 Å². The summed E-state index contributed by atoms with van der Waals surface area (Å²) in [6.45, 7) is 0.819. The van der Waals surface area contributed by atoms with Crippen LogP contribution in [0.1, 0.15) is 43.4 Å². The van der Waals surface area contributed by atoms with Gasteiger partial charge in [-0.25, -0.2) is 0 Å². The minimum atomic E-state index is 0.0481. The van der Waals surface area contributed by atoms with Gasteiger partial charge in [0.1, 0.15) is 0 Å². The van der Waals surface area contributed by atoms with Crippen LogP contribution in [0.4, 0.5) is 0 Å². The average molecular weight is 294 g/mol. The minimum absolute atomic E-state index is 0.0481. The first-order chi connectivity index (χ1) is 9.65. The summed E-state index contributed by atoms with van der Waals surface area (Å²) >= 11 is 1.77. The fourth-order valence-electron chi connectivity index (χ4n) is 3.03. The van der Waals surface area contributed by atoms with Crippen LogP contribution in [0.15, 0.2) is 17.5 Å². The van der Waals surface area contributed by atoms with Gasteiger partial charge in [-0.15, -0.1) is 11.3 Å². The zero-order chi connectivity index (χ0) is 14.4. The van der Waals surface area contributed by atoms with E-state index in [0.29, 0.717) is 6.42 Å². The molecule has 4 heteroatoms. The van der Waals surface area contributed by atoms with Gasteiger partial charge in [0.25, 0.3) is 0 Å². The largest absolute Gasteiger partial charge is 0.345 e. The summed E-state index contributed by atoms with van der Waals surface area (Å²) < 4.78 is 0. The lowest BCUT2D eigenvalue weighted by atomic mass is 9.79.